The first kappa shape index (κ1) is 82.5. The second-order valence-electron chi connectivity index (χ2n) is 36.3. The smallest absolute Gasteiger partial charge is 0.321 e. The minimum atomic E-state index is -0.867. The third-order valence-corrected chi connectivity index (χ3v) is 28.9. The Morgan fingerprint density at radius 2 is 0.860 bits per heavy atom. The van der Waals surface area contributed by atoms with E-state index in [9.17, 15) is 71.9 Å². The van der Waals surface area contributed by atoms with Crippen molar-refractivity contribution in [3.63, 3.8) is 0 Å². The minimum absolute atomic E-state index is 0.0454. The highest BCUT2D eigenvalue weighted by atomic mass is 16.6. The van der Waals surface area contributed by atoms with Gasteiger partial charge in [0.1, 0.15) is 36.4 Å². The highest BCUT2D eigenvalue weighted by Gasteiger charge is 2.79. The van der Waals surface area contributed by atoms with Crippen LogP contribution in [0, 0.1) is 132 Å². The molecule has 10 bridgehead atoms. The number of rotatable bonds is 15. The molecule has 15 fully saturated rings. The molecule has 0 aromatic carbocycles. The quantitative estimate of drug-likeness (QED) is 0.0836. The molecule has 8 aliphatic carbocycles. The van der Waals surface area contributed by atoms with E-state index in [-0.39, 0.29) is 119 Å². The van der Waals surface area contributed by atoms with Gasteiger partial charge in [-0.1, -0.05) is 34.6 Å². The van der Waals surface area contributed by atoms with Crippen molar-refractivity contribution >= 4 is 89.5 Å². The molecular formula is C80H112O27. The topological polar surface area (TPSA) is 367 Å². The van der Waals surface area contributed by atoms with E-state index < -0.39 is 128 Å². The van der Waals surface area contributed by atoms with E-state index in [1.807, 2.05) is 111 Å². The molecule has 27 nitrogen and oxygen atoms in total. The van der Waals surface area contributed by atoms with Crippen LogP contribution in [-0.4, -0.2) is 146 Å². The highest BCUT2D eigenvalue weighted by Crippen LogP contribution is 2.71. The fraction of sp³-hybridized carbons (Fsp3) is 0.812. The monoisotopic (exact) mass is 1500 g/mol. The van der Waals surface area contributed by atoms with Gasteiger partial charge >= 0.3 is 89.5 Å². The number of ether oxygens (including phenoxy) is 12. The first-order chi connectivity index (χ1) is 49.8. The lowest BCUT2D eigenvalue weighted by atomic mass is 9.58. The van der Waals surface area contributed by atoms with Gasteiger partial charge in [0.2, 0.25) is 0 Å². The normalized spacial score (nSPS) is 39.1. The van der Waals surface area contributed by atoms with E-state index in [4.69, 9.17) is 42.6 Å². The average molecular weight is 1510 g/mol. The third kappa shape index (κ3) is 14.0. The standard InChI is InChI=1S/C17H24O5.C16H22O6.C16H22O5.C14H18O6.C10H12O3.C7H14O2/c1-6-15(2,3)12(18)21-11-8-9-7-10(11)17(5)14(20)22-13(19)16(9,17)4;1-5-16(2,3)15(19)21-12-8-6-7(11(12)20-4)9-10(8)14(18)22-13(9)17;1-5-15(2,3)13(18)20-10-7-8-6-9(10)16(4)11(8)12(17)21-14(16)19;1-4-14(2,3)13(17)19-7-5-6-8-9(10(7)18-6)12(16)20-11(8)15;11-8-4-7-5-1-2-6(3-5)9(7)10(12)13-8;1-5-7(2,3)6(8)9-4/h9-11H,6-8H2,1-5H3;7-12H,5-6H2,1-4H3;8-11H,5-7H2,1-4H3;6-10H,4-5H2,1-3H3;5-7,9H,1-4H2;5H2,1-4H3. The molecule has 25 atom stereocenters. The number of carbonyl (C=O) groups is 15. The molecule has 594 valence electrons. The summed E-state index contributed by atoms with van der Waals surface area (Å²) in [7, 11) is 2.97. The van der Waals surface area contributed by atoms with Crippen LogP contribution in [-0.2, 0) is 129 Å². The largest absolute Gasteiger partial charge is 0.469 e. The maximum absolute atomic E-state index is 12.4. The second kappa shape index (κ2) is 29.7. The zero-order valence-electron chi connectivity index (χ0n) is 65.8. The third-order valence-electron chi connectivity index (χ3n) is 28.9. The molecule has 0 aromatic heterocycles. The van der Waals surface area contributed by atoms with Crippen LogP contribution in [0.4, 0.5) is 0 Å². The van der Waals surface area contributed by atoms with Crippen LogP contribution < -0.4 is 0 Å². The van der Waals surface area contributed by atoms with Gasteiger partial charge in [-0.25, -0.2) is 0 Å². The van der Waals surface area contributed by atoms with Gasteiger partial charge in [0.15, 0.2) is 0 Å². The van der Waals surface area contributed by atoms with Gasteiger partial charge in [0.05, 0.1) is 92.2 Å². The Morgan fingerprint density at radius 3 is 1.37 bits per heavy atom. The van der Waals surface area contributed by atoms with Crippen molar-refractivity contribution in [1.29, 1.82) is 0 Å². The first-order valence-electron chi connectivity index (χ1n) is 38.7. The zero-order chi connectivity index (χ0) is 79.5. The van der Waals surface area contributed by atoms with Gasteiger partial charge in [-0.2, -0.15) is 0 Å². The van der Waals surface area contributed by atoms with E-state index in [0.29, 0.717) is 75.5 Å². The van der Waals surface area contributed by atoms with Gasteiger partial charge in [-0.3, -0.25) is 71.9 Å². The molecule has 7 saturated heterocycles. The van der Waals surface area contributed by atoms with Crippen LogP contribution in [0.25, 0.3) is 0 Å². The maximum Gasteiger partial charge on any atom is 0.321 e. The molecule has 7 aliphatic heterocycles. The van der Waals surface area contributed by atoms with Crippen molar-refractivity contribution in [2.24, 2.45) is 132 Å². The summed E-state index contributed by atoms with van der Waals surface area (Å²) in [4.78, 5) is 178. The molecule has 107 heavy (non-hydrogen) atoms. The van der Waals surface area contributed by atoms with Crippen molar-refractivity contribution in [3.8, 4) is 0 Å². The van der Waals surface area contributed by atoms with Crippen LogP contribution in [0.5, 0.6) is 0 Å². The summed E-state index contributed by atoms with van der Waals surface area (Å²) in [6.07, 6.45) is 8.75. The number of carbonyl (C=O) groups excluding carboxylic acids is 15. The Balaban J connectivity index is 0.000000140. The SMILES string of the molecule is CCC(C)(C)C(=O)OC.CCC(C)(C)C(=O)OC1C2CC(C1OC)C1C(=O)OC(=O)C21.CCC(C)(C)C(=O)OC1CC2CC1C1(C)C(=O)OC(=O)C21.CCC(C)(C)C(=O)OC1CC2CC1C1(C)C(=O)OC(=O)C21C.CCC(C)(C)C(=O)OC1CC2OC1C1C(=O)OC(=O)C21.O=C1CC2C3CCC(C3)C2C(=O)O1. The lowest BCUT2D eigenvalue weighted by Crippen LogP contribution is -2.51. The maximum atomic E-state index is 12.4. The van der Waals surface area contributed by atoms with Crippen molar-refractivity contribution in [3.05, 3.63) is 0 Å². The van der Waals surface area contributed by atoms with Crippen LogP contribution >= 0.6 is 0 Å². The number of hydrogen-bond acceptors (Lipinski definition) is 27. The van der Waals surface area contributed by atoms with E-state index >= 15 is 0 Å². The van der Waals surface area contributed by atoms with Gasteiger partial charge in [-0.15, -0.1) is 0 Å². The van der Waals surface area contributed by atoms with E-state index in [2.05, 4.69) is 14.2 Å². The molecule has 15 aliphatic rings. The lowest BCUT2D eigenvalue weighted by molar-refractivity contribution is -0.176. The van der Waals surface area contributed by atoms with E-state index in [1.54, 1.807) is 21.0 Å². The summed E-state index contributed by atoms with van der Waals surface area (Å²) in [5, 5.41) is 0. The summed E-state index contributed by atoms with van der Waals surface area (Å²) >= 11 is 0. The van der Waals surface area contributed by atoms with Gasteiger partial charge in [0, 0.05) is 43.6 Å². The second-order valence-corrected chi connectivity index (χ2v) is 36.3. The molecule has 0 N–H and O–H groups in total. The molecule has 0 amide bonds. The molecule has 0 radical (unpaired) electrons. The summed E-state index contributed by atoms with van der Waals surface area (Å²) < 4.78 is 62.2. The minimum Gasteiger partial charge on any atom is -0.469 e. The first-order valence-corrected chi connectivity index (χ1v) is 38.7. The van der Waals surface area contributed by atoms with Crippen LogP contribution in [0.3, 0.4) is 0 Å². The van der Waals surface area contributed by atoms with Crippen LogP contribution in [0.2, 0.25) is 0 Å². The Hall–Kier alpha value is -7.03. The molecule has 8 saturated carbocycles. The van der Waals surface area contributed by atoms with Crippen LogP contribution in [0.15, 0.2) is 0 Å². The van der Waals surface area contributed by atoms with Gasteiger partial charge in [-0.05, 0) is 203 Å². The molecule has 7 heterocycles. The molecule has 25 unspecified atom stereocenters. The Kier molecular flexibility index (Phi) is 22.9. The number of hydrogen-bond donors (Lipinski definition) is 0. The summed E-state index contributed by atoms with van der Waals surface area (Å²) in [5.41, 5.74) is -4.94. The average Bonchev–Trinajstić information content (AvgIpc) is 1.51. The molecule has 27 heteroatoms. The molecule has 0 aromatic rings. The Morgan fingerprint density at radius 1 is 0.402 bits per heavy atom. The Bertz CT molecular complexity index is 3630. The fourth-order valence-electron chi connectivity index (χ4n) is 19.8. The fourth-order valence-corrected chi connectivity index (χ4v) is 19.8. The van der Waals surface area contributed by atoms with Gasteiger partial charge < -0.3 is 56.8 Å². The van der Waals surface area contributed by atoms with Crippen LogP contribution in [0.1, 0.15) is 221 Å². The predicted molar refractivity (Wildman–Crippen MR) is 370 cm³/mol. The zero-order valence-corrected chi connectivity index (χ0v) is 65.8. The number of esters is 15. The van der Waals surface area contributed by atoms with Gasteiger partial charge in [0.25, 0.3) is 0 Å². The summed E-state index contributed by atoms with van der Waals surface area (Å²) in [5.74, 6) is -6.62. The number of cyclic esters (lactones) is 10. The van der Waals surface area contributed by atoms with E-state index in [1.165, 1.54) is 13.5 Å². The number of fused-ring (bicyclic) bond motifs is 25. The van der Waals surface area contributed by atoms with Crippen molar-refractivity contribution in [2.45, 2.75) is 264 Å². The summed E-state index contributed by atoms with van der Waals surface area (Å²) in [6.45, 7) is 33.6. The van der Waals surface area contributed by atoms with Crippen molar-refractivity contribution < 1.29 is 129 Å². The number of methoxy groups -OCH3 is 2. The van der Waals surface area contributed by atoms with Crippen molar-refractivity contribution in [2.75, 3.05) is 14.2 Å². The Labute approximate surface area is 625 Å². The molecule has 15 rings (SSSR count). The highest BCUT2D eigenvalue weighted by molar-refractivity contribution is 6.03. The molecular weight excluding hydrogens is 1390 g/mol. The predicted octanol–water partition coefficient (Wildman–Crippen LogP) is 9.40. The van der Waals surface area contributed by atoms with Crippen molar-refractivity contribution in [1.82, 2.24) is 0 Å². The summed E-state index contributed by atoms with van der Waals surface area (Å²) in [6, 6.07) is 0. The molecule has 0 spiro atoms. The lowest BCUT2D eigenvalue weighted by Gasteiger charge is -2.42. The van der Waals surface area contributed by atoms with E-state index in [0.717, 1.165) is 32.1 Å².